The van der Waals surface area contributed by atoms with Crippen LogP contribution in [-0.2, 0) is 4.74 Å². The average molecular weight is 254 g/mol. The number of amides is 1. The quantitative estimate of drug-likeness (QED) is 0.781. The third-order valence-corrected chi connectivity index (χ3v) is 4.43. The maximum Gasteiger partial charge on any atom is 0.410 e. The maximum atomic E-state index is 11.9. The lowest BCUT2D eigenvalue weighted by molar-refractivity contribution is 0.0153. The minimum absolute atomic E-state index is 0.175. The number of nitrogens with zero attached hydrogens (tertiary/aromatic N) is 1. The predicted octanol–water partition coefficient (Wildman–Crippen LogP) is 2.37. The van der Waals surface area contributed by atoms with Crippen LogP contribution in [0.15, 0.2) is 0 Å². The standard InChI is InChI=1S/C14H26N2O2/c1-13(2,3)18-12(17)16-7-5-10(6-8-16)14(4)9-11(14)15/h10-11H,5-9,15H2,1-4H3/t11-,14+/m0/s1. The van der Waals surface area contributed by atoms with E-state index in [4.69, 9.17) is 10.5 Å². The summed E-state index contributed by atoms with van der Waals surface area (Å²) in [6.07, 6.45) is 3.09. The first kappa shape index (κ1) is 13.7. The highest BCUT2D eigenvalue weighted by Gasteiger charge is 2.53. The van der Waals surface area contributed by atoms with Gasteiger partial charge in [0.2, 0.25) is 0 Å². The van der Waals surface area contributed by atoms with E-state index in [0.29, 0.717) is 17.4 Å². The fourth-order valence-corrected chi connectivity index (χ4v) is 2.93. The zero-order valence-corrected chi connectivity index (χ0v) is 12.0. The van der Waals surface area contributed by atoms with Gasteiger partial charge in [-0.15, -0.1) is 0 Å². The molecule has 1 aliphatic carbocycles. The Morgan fingerprint density at radius 1 is 1.33 bits per heavy atom. The molecule has 18 heavy (non-hydrogen) atoms. The molecule has 4 nitrogen and oxygen atoms in total. The van der Waals surface area contributed by atoms with E-state index < -0.39 is 5.60 Å². The van der Waals surface area contributed by atoms with E-state index in [1.54, 1.807) is 0 Å². The normalized spacial score (nSPS) is 33.4. The molecule has 2 N–H and O–H groups in total. The largest absolute Gasteiger partial charge is 0.444 e. The second-order valence-corrected chi connectivity index (χ2v) is 7.06. The lowest BCUT2D eigenvalue weighted by atomic mass is 9.82. The molecule has 0 aromatic carbocycles. The number of likely N-dealkylation sites (tertiary alicyclic amines) is 1. The van der Waals surface area contributed by atoms with E-state index in [9.17, 15) is 4.79 Å². The highest BCUT2D eigenvalue weighted by atomic mass is 16.6. The van der Waals surface area contributed by atoms with Gasteiger partial charge in [-0.05, 0) is 51.4 Å². The molecule has 104 valence electrons. The van der Waals surface area contributed by atoms with Gasteiger partial charge in [-0.2, -0.15) is 0 Å². The monoisotopic (exact) mass is 254 g/mol. The summed E-state index contributed by atoms with van der Waals surface area (Å²) in [6.45, 7) is 9.61. The molecule has 4 heteroatoms. The van der Waals surface area contributed by atoms with Crippen LogP contribution in [0.1, 0.15) is 47.0 Å². The Bertz CT molecular complexity index is 329. The summed E-state index contributed by atoms with van der Waals surface area (Å²) in [5.41, 5.74) is 5.93. The molecule has 0 spiro atoms. The first-order chi connectivity index (χ1) is 8.22. The Morgan fingerprint density at radius 2 is 1.83 bits per heavy atom. The van der Waals surface area contributed by atoms with Gasteiger partial charge in [0, 0.05) is 19.1 Å². The third kappa shape index (κ3) is 2.79. The average Bonchev–Trinajstić information content (AvgIpc) is 2.86. The fraction of sp³-hybridized carbons (Fsp3) is 0.929. The molecule has 1 heterocycles. The van der Waals surface area contributed by atoms with Gasteiger partial charge in [0.05, 0.1) is 0 Å². The van der Waals surface area contributed by atoms with Crippen LogP contribution in [0, 0.1) is 11.3 Å². The second kappa shape index (κ2) is 4.41. The molecule has 2 aliphatic rings. The summed E-state index contributed by atoms with van der Waals surface area (Å²) in [5, 5.41) is 0. The Balaban J connectivity index is 1.82. The minimum atomic E-state index is -0.404. The minimum Gasteiger partial charge on any atom is -0.444 e. The smallest absolute Gasteiger partial charge is 0.410 e. The molecule has 2 atom stereocenters. The van der Waals surface area contributed by atoms with Crippen molar-refractivity contribution in [1.29, 1.82) is 0 Å². The van der Waals surface area contributed by atoms with Crippen LogP contribution in [-0.4, -0.2) is 35.7 Å². The zero-order valence-electron chi connectivity index (χ0n) is 12.0. The number of carbonyl (C=O) groups excluding carboxylic acids is 1. The van der Waals surface area contributed by atoms with Crippen molar-refractivity contribution in [3.05, 3.63) is 0 Å². The van der Waals surface area contributed by atoms with Gasteiger partial charge in [0.1, 0.15) is 5.60 Å². The van der Waals surface area contributed by atoms with Crippen molar-refractivity contribution >= 4 is 6.09 Å². The van der Waals surface area contributed by atoms with Gasteiger partial charge >= 0.3 is 6.09 Å². The van der Waals surface area contributed by atoms with Gasteiger partial charge in [0.15, 0.2) is 0 Å². The third-order valence-electron chi connectivity index (χ3n) is 4.43. The van der Waals surface area contributed by atoms with E-state index >= 15 is 0 Å². The molecule has 1 saturated heterocycles. The molecule has 0 bridgehead atoms. The lowest BCUT2D eigenvalue weighted by Gasteiger charge is -2.36. The number of piperidine rings is 1. The van der Waals surface area contributed by atoms with E-state index in [2.05, 4.69) is 6.92 Å². The zero-order chi connectivity index (χ0) is 13.6. The van der Waals surface area contributed by atoms with Crippen LogP contribution < -0.4 is 5.73 Å². The van der Waals surface area contributed by atoms with Gasteiger partial charge in [-0.3, -0.25) is 0 Å². The van der Waals surface area contributed by atoms with Crippen molar-refractivity contribution in [1.82, 2.24) is 4.90 Å². The highest BCUT2D eigenvalue weighted by Crippen LogP contribution is 2.53. The van der Waals surface area contributed by atoms with Crippen LogP contribution in [0.25, 0.3) is 0 Å². The summed E-state index contributed by atoms with van der Waals surface area (Å²) in [6, 6.07) is 0.371. The summed E-state index contributed by atoms with van der Waals surface area (Å²) >= 11 is 0. The van der Waals surface area contributed by atoms with Crippen LogP contribution in [0.4, 0.5) is 4.79 Å². The van der Waals surface area contributed by atoms with Crippen LogP contribution >= 0.6 is 0 Å². The summed E-state index contributed by atoms with van der Waals surface area (Å²) in [5.74, 6) is 0.672. The SMILES string of the molecule is CC(C)(C)OC(=O)N1CCC([C@@]2(C)C[C@@H]2N)CC1. The molecular weight excluding hydrogens is 228 g/mol. The molecular formula is C14H26N2O2. The Kier molecular flexibility index (Phi) is 3.34. The topological polar surface area (TPSA) is 55.6 Å². The molecule has 0 aromatic rings. The van der Waals surface area contributed by atoms with Gasteiger partial charge < -0.3 is 15.4 Å². The summed E-state index contributed by atoms with van der Waals surface area (Å²) in [4.78, 5) is 13.8. The van der Waals surface area contributed by atoms with Crippen molar-refractivity contribution in [3.63, 3.8) is 0 Å². The number of hydrogen-bond acceptors (Lipinski definition) is 3. The van der Waals surface area contributed by atoms with Gasteiger partial charge in [-0.1, -0.05) is 6.92 Å². The molecule has 1 amide bonds. The lowest BCUT2D eigenvalue weighted by Crippen LogP contribution is -2.43. The van der Waals surface area contributed by atoms with Crippen molar-refractivity contribution in [2.24, 2.45) is 17.1 Å². The van der Waals surface area contributed by atoms with Crippen LogP contribution in [0.3, 0.4) is 0 Å². The number of hydrogen-bond donors (Lipinski definition) is 1. The molecule has 0 radical (unpaired) electrons. The number of ether oxygens (including phenoxy) is 1. The molecule has 0 unspecified atom stereocenters. The second-order valence-electron chi connectivity index (χ2n) is 7.06. The Labute approximate surface area is 110 Å². The van der Waals surface area contributed by atoms with E-state index in [1.807, 2.05) is 25.7 Å². The van der Waals surface area contributed by atoms with Crippen molar-refractivity contribution < 1.29 is 9.53 Å². The summed E-state index contributed by atoms with van der Waals surface area (Å²) < 4.78 is 5.40. The first-order valence-electron chi connectivity index (χ1n) is 6.96. The molecule has 0 aromatic heterocycles. The van der Waals surface area contributed by atoms with Crippen LogP contribution in [0.2, 0.25) is 0 Å². The van der Waals surface area contributed by atoms with E-state index in [0.717, 1.165) is 32.4 Å². The van der Waals surface area contributed by atoms with Gasteiger partial charge in [0.25, 0.3) is 0 Å². The predicted molar refractivity (Wildman–Crippen MR) is 71.2 cm³/mol. The van der Waals surface area contributed by atoms with Crippen molar-refractivity contribution in [2.45, 2.75) is 58.6 Å². The number of nitrogens with two attached hydrogens (primary N) is 1. The highest BCUT2D eigenvalue weighted by molar-refractivity contribution is 5.68. The molecule has 2 fully saturated rings. The van der Waals surface area contributed by atoms with E-state index in [-0.39, 0.29) is 6.09 Å². The fourth-order valence-electron chi connectivity index (χ4n) is 2.93. The Morgan fingerprint density at radius 3 is 2.22 bits per heavy atom. The summed E-state index contributed by atoms with van der Waals surface area (Å²) in [7, 11) is 0. The number of rotatable bonds is 1. The molecule has 1 aliphatic heterocycles. The number of carbonyl (C=O) groups is 1. The van der Waals surface area contributed by atoms with Crippen molar-refractivity contribution in [3.8, 4) is 0 Å². The van der Waals surface area contributed by atoms with E-state index in [1.165, 1.54) is 0 Å². The Hall–Kier alpha value is -0.770. The molecule has 2 rings (SSSR count). The first-order valence-corrected chi connectivity index (χ1v) is 6.96. The molecule has 1 saturated carbocycles. The van der Waals surface area contributed by atoms with Gasteiger partial charge in [-0.25, -0.2) is 4.79 Å². The van der Waals surface area contributed by atoms with Crippen molar-refractivity contribution in [2.75, 3.05) is 13.1 Å². The maximum absolute atomic E-state index is 11.9. The van der Waals surface area contributed by atoms with Crippen LogP contribution in [0.5, 0.6) is 0 Å².